The molecule has 6 heteroatoms. The maximum atomic E-state index is 12.0. The van der Waals surface area contributed by atoms with Crippen LogP contribution in [0, 0.1) is 5.92 Å². The monoisotopic (exact) mass is 298 g/mol. The Morgan fingerprint density at radius 3 is 3.10 bits per heavy atom. The van der Waals surface area contributed by atoms with Crippen molar-refractivity contribution in [1.29, 1.82) is 0 Å². The second kappa shape index (κ2) is 6.90. The summed E-state index contributed by atoms with van der Waals surface area (Å²) in [5.41, 5.74) is 0.939. The van der Waals surface area contributed by atoms with E-state index in [1.807, 2.05) is 4.90 Å². The lowest BCUT2D eigenvalue weighted by molar-refractivity contribution is 0.0526. The van der Waals surface area contributed by atoms with E-state index in [4.69, 9.17) is 16.3 Å². The van der Waals surface area contributed by atoms with Gasteiger partial charge in [0.2, 0.25) is 0 Å². The molecule has 2 unspecified atom stereocenters. The highest BCUT2D eigenvalue weighted by atomic mass is 35.5. The quantitative estimate of drug-likeness (QED) is 0.523. The van der Waals surface area contributed by atoms with Crippen LogP contribution in [0.1, 0.15) is 30.1 Å². The number of esters is 1. The fourth-order valence-corrected chi connectivity index (χ4v) is 2.88. The van der Waals surface area contributed by atoms with Crippen molar-refractivity contribution in [2.75, 3.05) is 24.7 Å². The van der Waals surface area contributed by atoms with Crippen LogP contribution in [0.3, 0.4) is 0 Å². The van der Waals surface area contributed by atoms with Crippen LogP contribution in [0.2, 0.25) is 0 Å². The number of hydrogen-bond acceptors (Lipinski definition) is 5. The Morgan fingerprint density at radius 1 is 1.65 bits per heavy atom. The van der Waals surface area contributed by atoms with Gasteiger partial charge in [0.05, 0.1) is 12.3 Å². The SMILES string of the molecule is CCOC(=O)c1cnccc1N1CCC(CO)CC1Cl. The van der Waals surface area contributed by atoms with Crippen molar-refractivity contribution in [2.24, 2.45) is 5.92 Å². The van der Waals surface area contributed by atoms with Crippen molar-refractivity contribution in [3.63, 3.8) is 0 Å². The molecule has 1 aromatic heterocycles. The molecule has 2 rings (SSSR count). The van der Waals surface area contributed by atoms with E-state index in [9.17, 15) is 9.90 Å². The van der Waals surface area contributed by atoms with Crippen molar-refractivity contribution < 1.29 is 14.6 Å². The number of ether oxygens (including phenoxy) is 1. The van der Waals surface area contributed by atoms with Crippen LogP contribution in [0.25, 0.3) is 0 Å². The number of hydrogen-bond donors (Lipinski definition) is 1. The highest BCUT2D eigenvalue weighted by Gasteiger charge is 2.29. The number of rotatable bonds is 4. The molecule has 110 valence electrons. The van der Waals surface area contributed by atoms with Gasteiger partial charge in [0, 0.05) is 25.5 Å². The highest BCUT2D eigenvalue weighted by Crippen LogP contribution is 2.32. The molecular formula is C14H19ClN2O3. The van der Waals surface area contributed by atoms with E-state index in [0.717, 1.165) is 12.1 Å². The topological polar surface area (TPSA) is 62.7 Å². The van der Waals surface area contributed by atoms with Crippen molar-refractivity contribution in [3.8, 4) is 0 Å². The summed E-state index contributed by atoms with van der Waals surface area (Å²) in [5, 5.41) is 9.22. The van der Waals surface area contributed by atoms with E-state index in [1.54, 1.807) is 19.2 Å². The summed E-state index contributed by atoms with van der Waals surface area (Å²) in [6.45, 7) is 2.95. The Hall–Kier alpha value is -1.33. The smallest absolute Gasteiger partial charge is 0.341 e. The van der Waals surface area contributed by atoms with Gasteiger partial charge in [0.25, 0.3) is 0 Å². The summed E-state index contributed by atoms with van der Waals surface area (Å²) in [4.78, 5) is 17.9. The molecule has 0 aliphatic carbocycles. The maximum absolute atomic E-state index is 12.0. The molecule has 1 aliphatic rings. The summed E-state index contributed by atoms with van der Waals surface area (Å²) >= 11 is 6.39. The average Bonchev–Trinajstić information content (AvgIpc) is 2.47. The van der Waals surface area contributed by atoms with Gasteiger partial charge in [-0.25, -0.2) is 4.79 Å². The first kappa shape index (κ1) is 15.1. The molecule has 0 saturated carbocycles. The number of halogens is 1. The fourth-order valence-electron chi connectivity index (χ4n) is 2.42. The third-order valence-corrected chi connectivity index (χ3v) is 3.92. The number of carbonyl (C=O) groups excluding carboxylic acids is 1. The molecule has 1 saturated heterocycles. The molecule has 0 bridgehead atoms. The molecule has 1 aromatic rings. The van der Waals surface area contributed by atoms with Gasteiger partial charge < -0.3 is 14.7 Å². The molecule has 1 aliphatic heterocycles. The van der Waals surface area contributed by atoms with Gasteiger partial charge in [0.15, 0.2) is 0 Å². The van der Waals surface area contributed by atoms with Crippen LogP contribution in [0.15, 0.2) is 18.5 Å². The number of nitrogens with zero attached hydrogens (tertiary/aromatic N) is 2. The van der Waals surface area contributed by atoms with E-state index in [1.165, 1.54) is 6.20 Å². The number of aromatic nitrogens is 1. The molecule has 0 amide bonds. The van der Waals surface area contributed by atoms with Gasteiger partial charge in [-0.05, 0) is 31.7 Å². The summed E-state index contributed by atoms with van der Waals surface area (Å²) in [6.07, 6.45) is 4.70. The third-order valence-electron chi connectivity index (χ3n) is 3.51. The van der Waals surface area contributed by atoms with Crippen molar-refractivity contribution >= 4 is 23.3 Å². The predicted molar refractivity (Wildman–Crippen MR) is 77.0 cm³/mol. The van der Waals surface area contributed by atoms with E-state index in [0.29, 0.717) is 25.1 Å². The van der Waals surface area contributed by atoms with E-state index in [-0.39, 0.29) is 24.0 Å². The van der Waals surface area contributed by atoms with Gasteiger partial charge in [-0.15, -0.1) is 0 Å². The molecule has 0 radical (unpaired) electrons. The van der Waals surface area contributed by atoms with Crippen molar-refractivity contribution in [3.05, 3.63) is 24.0 Å². The standard InChI is InChI=1S/C14H19ClN2O3/c1-2-20-14(19)11-8-16-5-3-12(11)17-6-4-10(9-18)7-13(17)15/h3,5,8,10,13,18H,2,4,6-7,9H2,1H3. The Morgan fingerprint density at radius 2 is 2.45 bits per heavy atom. The Kier molecular flexibility index (Phi) is 5.20. The lowest BCUT2D eigenvalue weighted by Crippen LogP contribution is -2.41. The number of aliphatic hydroxyl groups is 1. The van der Waals surface area contributed by atoms with E-state index >= 15 is 0 Å². The Balaban J connectivity index is 2.22. The third kappa shape index (κ3) is 3.22. The molecule has 1 fully saturated rings. The van der Waals surface area contributed by atoms with E-state index in [2.05, 4.69) is 4.98 Å². The van der Waals surface area contributed by atoms with Crippen LogP contribution >= 0.6 is 11.6 Å². The molecule has 5 nitrogen and oxygen atoms in total. The number of pyridine rings is 1. The predicted octanol–water partition coefficient (Wildman–Crippen LogP) is 2.03. The minimum Gasteiger partial charge on any atom is -0.462 e. The first-order valence-corrected chi connectivity index (χ1v) is 7.23. The minimum atomic E-state index is -0.385. The van der Waals surface area contributed by atoms with Crippen molar-refractivity contribution in [2.45, 2.75) is 25.3 Å². The maximum Gasteiger partial charge on any atom is 0.341 e. The Bertz CT molecular complexity index is 469. The van der Waals surface area contributed by atoms with Crippen LogP contribution < -0.4 is 4.90 Å². The van der Waals surface area contributed by atoms with Crippen LogP contribution in [-0.2, 0) is 4.74 Å². The Labute approximate surface area is 123 Å². The minimum absolute atomic E-state index is 0.151. The molecular weight excluding hydrogens is 280 g/mol. The number of alkyl halides is 1. The van der Waals surface area contributed by atoms with E-state index < -0.39 is 0 Å². The lowest BCUT2D eigenvalue weighted by Gasteiger charge is -2.37. The van der Waals surface area contributed by atoms with Gasteiger partial charge in [0.1, 0.15) is 11.1 Å². The number of piperidine rings is 1. The number of anilines is 1. The number of aliphatic hydroxyl groups excluding tert-OH is 1. The summed E-state index contributed by atoms with van der Waals surface area (Å²) < 4.78 is 5.05. The lowest BCUT2D eigenvalue weighted by atomic mass is 9.97. The number of carbonyl (C=O) groups is 1. The van der Waals surface area contributed by atoms with Gasteiger partial charge >= 0.3 is 5.97 Å². The largest absolute Gasteiger partial charge is 0.462 e. The second-order valence-corrected chi connectivity index (χ2v) is 5.32. The first-order chi connectivity index (χ1) is 9.67. The van der Waals surface area contributed by atoms with Gasteiger partial charge in [-0.2, -0.15) is 0 Å². The van der Waals surface area contributed by atoms with Crippen LogP contribution in [-0.4, -0.2) is 41.3 Å². The van der Waals surface area contributed by atoms with Gasteiger partial charge in [-0.3, -0.25) is 4.98 Å². The zero-order valence-corrected chi connectivity index (χ0v) is 12.2. The molecule has 0 aromatic carbocycles. The zero-order chi connectivity index (χ0) is 14.5. The first-order valence-electron chi connectivity index (χ1n) is 6.80. The summed E-state index contributed by atoms with van der Waals surface area (Å²) in [5.74, 6) is -0.162. The molecule has 0 spiro atoms. The second-order valence-electron chi connectivity index (χ2n) is 4.81. The van der Waals surface area contributed by atoms with Crippen LogP contribution in [0.4, 0.5) is 5.69 Å². The zero-order valence-electron chi connectivity index (χ0n) is 11.5. The normalized spacial score (nSPS) is 22.6. The van der Waals surface area contributed by atoms with Crippen LogP contribution in [0.5, 0.6) is 0 Å². The summed E-state index contributed by atoms with van der Waals surface area (Å²) in [7, 11) is 0. The average molecular weight is 299 g/mol. The summed E-state index contributed by atoms with van der Waals surface area (Å²) in [6, 6.07) is 1.78. The molecule has 2 heterocycles. The molecule has 1 N–H and O–H groups in total. The molecule has 2 atom stereocenters. The molecule has 20 heavy (non-hydrogen) atoms. The van der Waals surface area contributed by atoms with Gasteiger partial charge in [-0.1, -0.05) is 11.6 Å². The highest BCUT2D eigenvalue weighted by molar-refractivity contribution is 6.22. The van der Waals surface area contributed by atoms with Crippen molar-refractivity contribution in [1.82, 2.24) is 4.98 Å². The fraction of sp³-hybridized carbons (Fsp3) is 0.571.